The highest BCUT2D eigenvalue weighted by Crippen LogP contribution is 2.32. The van der Waals surface area contributed by atoms with Crippen LogP contribution in [0.2, 0.25) is 0 Å². The molecule has 0 aliphatic heterocycles. The maximum atomic E-state index is 3.73. The standard InChI is InChI=1S/C13H27NS/c1-4-8-14-12-7-6-11(3)10-13(12)15-9-5-2/h11-14H,4-10H2,1-3H3. The van der Waals surface area contributed by atoms with Crippen LogP contribution in [0.5, 0.6) is 0 Å². The summed E-state index contributed by atoms with van der Waals surface area (Å²) in [6.45, 7) is 8.15. The molecule has 0 aromatic rings. The lowest BCUT2D eigenvalue weighted by Gasteiger charge is -2.35. The monoisotopic (exact) mass is 229 g/mol. The van der Waals surface area contributed by atoms with Crippen LogP contribution < -0.4 is 5.32 Å². The Labute approximate surface area is 99.8 Å². The Bertz CT molecular complexity index is 159. The van der Waals surface area contributed by atoms with Crippen molar-refractivity contribution < 1.29 is 0 Å². The van der Waals surface area contributed by atoms with Gasteiger partial charge in [-0.05, 0) is 50.3 Å². The SMILES string of the molecule is CCCNC1CCC(C)CC1SCCC. The third-order valence-corrected chi connectivity index (χ3v) is 4.84. The van der Waals surface area contributed by atoms with Crippen LogP contribution >= 0.6 is 11.8 Å². The minimum absolute atomic E-state index is 0.790. The Hall–Kier alpha value is 0.310. The highest BCUT2D eigenvalue weighted by atomic mass is 32.2. The molecule has 90 valence electrons. The molecule has 1 aliphatic carbocycles. The molecule has 2 heteroatoms. The lowest BCUT2D eigenvalue weighted by molar-refractivity contribution is 0.317. The summed E-state index contributed by atoms with van der Waals surface area (Å²) in [5.74, 6) is 2.28. The molecule has 1 saturated carbocycles. The number of thioether (sulfide) groups is 1. The molecule has 1 aliphatic rings. The molecule has 0 saturated heterocycles. The summed E-state index contributed by atoms with van der Waals surface area (Å²) in [6, 6.07) is 0.790. The summed E-state index contributed by atoms with van der Waals surface area (Å²) in [5, 5.41) is 4.61. The summed E-state index contributed by atoms with van der Waals surface area (Å²) < 4.78 is 0. The van der Waals surface area contributed by atoms with E-state index in [1.807, 2.05) is 0 Å². The zero-order valence-corrected chi connectivity index (χ0v) is 11.4. The Morgan fingerprint density at radius 3 is 2.67 bits per heavy atom. The Kier molecular flexibility index (Phi) is 6.74. The van der Waals surface area contributed by atoms with Crippen LogP contribution in [-0.4, -0.2) is 23.6 Å². The largest absolute Gasteiger partial charge is 0.313 e. The van der Waals surface area contributed by atoms with Gasteiger partial charge in [0.05, 0.1) is 0 Å². The van der Waals surface area contributed by atoms with Gasteiger partial charge in [0.25, 0.3) is 0 Å². The molecule has 1 fully saturated rings. The molecule has 0 radical (unpaired) electrons. The van der Waals surface area contributed by atoms with Gasteiger partial charge < -0.3 is 5.32 Å². The van der Waals surface area contributed by atoms with E-state index in [2.05, 4.69) is 37.8 Å². The third kappa shape index (κ3) is 4.78. The lowest BCUT2D eigenvalue weighted by atomic mass is 9.87. The van der Waals surface area contributed by atoms with Gasteiger partial charge in [0.2, 0.25) is 0 Å². The van der Waals surface area contributed by atoms with Crippen molar-refractivity contribution in [3.8, 4) is 0 Å². The minimum Gasteiger partial charge on any atom is -0.313 e. The van der Waals surface area contributed by atoms with Gasteiger partial charge in [0, 0.05) is 11.3 Å². The van der Waals surface area contributed by atoms with Crippen LogP contribution in [0.4, 0.5) is 0 Å². The Balaban J connectivity index is 2.35. The molecule has 1 N–H and O–H groups in total. The van der Waals surface area contributed by atoms with Crippen LogP contribution in [-0.2, 0) is 0 Å². The molecule has 1 rings (SSSR count). The van der Waals surface area contributed by atoms with Gasteiger partial charge in [0.15, 0.2) is 0 Å². The average molecular weight is 229 g/mol. The number of rotatable bonds is 6. The van der Waals surface area contributed by atoms with Crippen LogP contribution in [0.3, 0.4) is 0 Å². The molecule has 0 bridgehead atoms. The maximum absolute atomic E-state index is 3.73. The van der Waals surface area contributed by atoms with Crippen molar-refractivity contribution in [1.29, 1.82) is 0 Å². The fourth-order valence-electron chi connectivity index (χ4n) is 2.35. The van der Waals surface area contributed by atoms with Gasteiger partial charge in [-0.3, -0.25) is 0 Å². The first-order chi connectivity index (χ1) is 7.27. The summed E-state index contributed by atoms with van der Waals surface area (Å²) in [5.41, 5.74) is 0. The van der Waals surface area contributed by atoms with Crippen LogP contribution in [0.25, 0.3) is 0 Å². The summed E-state index contributed by atoms with van der Waals surface area (Å²) in [4.78, 5) is 0. The third-order valence-electron chi connectivity index (χ3n) is 3.25. The van der Waals surface area contributed by atoms with Crippen molar-refractivity contribution in [3.05, 3.63) is 0 Å². The fraction of sp³-hybridized carbons (Fsp3) is 1.00. The molecule has 3 atom stereocenters. The molecule has 0 spiro atoms. The smallest absolute Gasteiger partial charge is 0.0203 e. The second-order valence-electron chi connectivity index (χ2n) is 4.89. The molecule has 0 aromatic heterocycles. The van der Waals surface area contributed by atoms with E-state index in [0.29, 0.717) is 0 Å². The first kappa shape index (κ1) is 13.4. The van der Waals surface area contributed by atoms with Crippen LogP contribution in [0.15, 0.2) is 0 Å². The van der Waals surface area contributed by atoms with E-state index in [9.17, 15) is 0 Å². The average Bonchev–Trinajstić information content (AvgIpc) is 2.25. The van der Waals surface area contributed by atoms with E-state index in [1.165, 1.54) is 44.4 Å². The number of hydrogen-bond donors (Lipinski definition) is 1. The zero-order chi connectivity index (χ0) is 11.1. The fourth-order valence-corrected chi connectivity index (χ4v) is 3.81. The van der Waals surface area contributed by atoms with Gasteiger partial charge in [0.1, 0.15) is 0 Å². The molecule has 1 nitrogen and oxygen atoms in total. The molecular formula is C13H27NS. The predicted octanol–water partition coefficient (Wildman–Crippen LogP) is 3.69. The van der Waals surface area contributed by atoms with Gasteiger partial charge in [-0.2, -0.15) is 11.8 Å². The van der Waals surface area contributed by atoms with Crippen molar-refractivity contribution >= 4 is 11.8 Å². The van der Waals surface area contributed by atoms with Gasteiger partial charge in [-0.1, -0.05) is 20.8 Å². The van der Waals surface area contributed by atoms with E-state index >= 15 is 0 Å². The maximum Gasteiger partial charge on any atom is 0.0203 e. The van der Waals surface area contributed by atoms with Gasteiger partial charge in [-0.25, -0.2) is 0 Å². The summed E-state index contributed by atoms with van der Waals surface area (Å²) >= 11 is 2.20. The topological polar surface area (TPSA) is 12.0 Å². The summed E-state index contributed by atoms with van der Waals surface area (Å²) in [6.07, 6.45) is 6.81. The first-order valence-corrected chi connectivity index (χ1v) is 7.67. The molecule has 15 heavy (non-hydrogen) atoms. The number of hydrogen-bond acceptors (Lipinski definition) is 2. The second kappa shape index (κ2) is 7.56. The second-order valence-corrected chi connectivity index (χ2v) is 6.24. The van der Waals surface area contributed by atoms with Crippen molar-refractivity contribution in [2.45, 2.75) is 64.2 Å². The Morgan fingerprint density at radius 1 is 1.20 bits per heavy atom. The van der Waals surface area contributed by atoms with Crippen molar-refractivity contribution in [2.75, 3.05) is 12.3 Å². The first-order valence-electron chi connectivity index (χ1n) is 6.62. The zero-order valence-electron chi connectivity index (χ0n) is 10.6. The van der Waals surface area contributed by atoms with E-state index < -0.39 is 0 Å². The highest BCUT2D eigenvalue weighted by Gasteiger charge is 2.27. The van der Waals surface area contributed by atoms with E-state index in [4.69, 9.17) is 0 Å². The quantitative estimate of drug-likeness (QED) is 0.745. The predicted molar refractivity (Wildman–Crippen MR) is 71.6 cm³/mol. The van der Waals surface area contributed by atoms with Gasteiger partial charge >= 0.3 is 0 Å². The Morgan fingerprint density at radius 2 is 2.00 bits per heavy atom. The van der Waals surface area contributed by atoms with Gasteiger partial charge in [-0.15, -0.1) is 0 Å². The highest BCUT2D eigenvalue weighted by molar-refractivity contribution is 7.99. The molecular weight excluding hydrogens is 202 g/mol. The minimum atomic E-state index is 0.790. The molecule has 0 amide bonds. The molecule has 0 aromatic carbocycles. The van der Waals surface area contributed by atoms with E-state index in [-0.39, 0.29) is 0 Å². The molecule has 0 heterocycles. The molecule has 3 unspecified atom stereocenters. The van der Waals surface area contributed by atoms with Crippen molar-refractivity contribution in [3.63, 3.8) is 0 Å². The normalized spacial score (nSPS) is 31.8. The van der Waals surface area contributed by atoms with Crippen molar-refractivity contribution in [2.24, 2.45) is 5.92 Å². The lowest BCUT2D eigenvalue weighted by Crippen LogP contribution is -2.42. The van der Waals surface area contributed by atoms with Crippen LogP contribution in [0, 0.1) is 5.92 Å². The van der Waals surface area contributed by atoms with Crippen LogP contribution in [0.1, 0.15) is 52.9 Å². The number of nitrogens with one attached hydrogen (secondary N) is 1. The van der Waals surface area contributed by atoms with E-state index in [0.717, 1.165) is 17.2 Å². The van der Waals surface area contributed by atoms with Crippen molar-refractivity contribution in [1.82, 2.24) is 5.32 Å². The van der Waals surface area contributed by atoms with E-state index in [1.54, 1.807) is 0 Å². The summed E-state index contributed by atoms with van der Waals surface area (Å²) in [7, 11) is 0.